The van der Waals surface area contributed by atoms with Crippen LogP contribution in [-0.4, -0.2) is 8.42 Å². The minimum Gasteiger partial charge on any atom is -0.165 e. The summed E-state index contributed by atoms with van der Waals surface area (Å²) in [5, 5.41) is 0.949. The van der Waals surface area contributed by atoms with Crippen LogP contribution < -0.4 is 10.8 Å². The molecule has 0 amide bonds. The fraction of sp³-hybridized carbons (Fsp3) is 0.333. The first-order valence-electron chi connectivity index (χ1n) is 4.88. The highest BCUT2D eigenvalue weighted by Gasteiger charge is 2.28. The van der Waals surface area contributed by atoms with Crippen LogP contribution in [0.5, 0.6) is 0 Å². The third kappa shape index (κ3) is 2.50. The van der Waals surface area contributed by atoms with Crippen molar-refractivity contribution in [1.82, 2.24) is 5.59 Å². The minimum absolute atomic E-state index is 0.556. The summed E-state index contributed by atoms with van der Waals surface area (Å²) in [6.07, 6.45) is 2.05. The molecule has 1 N–H and O–H groups in total. The van der Waals surface area contributed by atoms with Gasteiger partial charge >= 0.3 is 10.4 Å². The van der Waals surface area contributed by atoms with E-state index in [0.29, 0.717) is 5.69 Å². The predicted octanol–water partition coefficient (Wildman–Crippen LogP) is 1.07. The smallest absolute Gasteiger partial charge is 0.165 e. The zero-order valence-corrected chi connectivity index (χ0v) is 9.53. The van der Waals surface area contributed by atoms with Crippen molar-refractivity contribution >= 4 is 16.1 Å². The first-order chi connectivity index (χ1) is 7.61. The predicted molar refractivity (Wildman–Crippen MR) is 57.1 cm³/mol. The molecule has 7 heteroatoms. The largest absolute Gasteiger partial charge is 0.440 e. The molecule has 0 saturated carbocycles. The topological polar surface area (TPSA) is 67.9 Å². The van der Waals surface area contributed by atoms with Crippen LogP contribution >= 0.6 is 0 Å². The molecule has 1 fully saturated rings. The van der Waals surface area contributed by atoms with Crippen molar-refractivity contribution in [2.24, 2.45) is 0 Å². The van der Waals surface area contributed by atoms with Gasteiger partial charge in [0.1, 0.15) is 0 Å². The summed E-state index contributed by atoms with van der Waals surface area (Å²) in [6.45, 7) is 2.10. The second kappa shape index (κ2) is 4.38. The maximum Gasteiger partial charge on any atom is 0.440 e. The van der Waals surface area contributed by atoms with Gasteiger partial charge in [0.25, 0.3) is 0 Å². The number of benzene rings is 1. The van der Waals surface area contributed by atoms with Crippen molar-refractivity contribution in [2.45, 2.75) is 19.8 Å². The summed E-state index contributed by atoms with van der Waals surface area (Å²) in [7, 11) is -3.95. The summed E-state index contributed by atoms with van der Waals surface area (Å²) < 4.78 is 30.4. The number of rotatable bonds is 3. The van der Waals surface area contributed by atoms with Crippen LogP contribution in [0.1, 0.15) is 18.9 Å². The van der Waals surface area contributed by atoms with Crippen LogP contribution in [0, 0.1) is 0 Å². The van der Waals surface area contributed by atoms with E-state index in [9.17, 15) is 8.42 Å². The summed E-state index contributed by atoms with van der Waals surface area (Å²) in [4.78, 5) is 0. The normalized spacial score (nSPS) is 18.9. The van der Waals surface area contributed by atoms with Gasteiger partial charge in [-0.15, -0.1) is 13.7 Å². The number of anilines is 1. The molecular formula is C9H12N2O4S. The van der Waals surface area contributed by atoms with Gasteiger partial charge in [-0.05, 0) is 24.1 Å². The van der Waals surface area contributed by atoms with E-state index in [4.69, 9.17) is 0 Å². The monoisotopic (exact) mass is 244 g/mol. The highest BCUT2D eigenvalue weighted by molar-refractivity contribution is 7.82. The lowest BCUT2D eigenvalue weighted by Crippen LogP contribution is -2.28. The zero-order valence-electron chi connectivity index (χ0n) is 8.71. The van der Waals surface area contributed by atoms with E-state index >= 15 is 0 Å². The molecule has 6 nitrogen and oxygen atoms in total. The van der Waals surface area contributed by atoms with E-state index in [0.717, 1.165) is 18.0 Å². The van der Waals surface area contributed by atoms with Crippen molar-refractivity contribution in [3.05, 3.63) is 29.8 Å². The average Bonchev–Trinajstić information content (AvgIpc) is 2.61. The average molecular weight is 244 g/mol. The van der Waals surface area contributed by atoms with Crippen LogP contribution in [0.15, 0.2) is 24.3 Å². The van der Waals surface area contributed by atoms with Crippen LogP contribution in [0.25, 0.3) is 0 Å². The number of hydrogen-bond acceptors (Lipinski definition) is 6. The lowest BCUT2D eigenvalue weighted by atomic mass is 10.1. The SMILES string of the molecule is CCCc1ccc(N2NOS(=O)(=O)O2)cc1. The summed E-state index contributed by atoms with van der Waals surface area (Å²) in [5.74, 6) is 0. The van der Waals surface area contributed by atoms with Crippen LogP contribution in [-0.2, 0) is 25.4 Å². The van der Waals surface area contributed by atoms with Gasteiger partial charge in [0, 0.05) is 0 Å². The Hall–Kier alpha value is -1.15. The maximum atomic E-state index is 10.8. The van der Waals surface area contributed by atoms with Crippen molar-refractivity contribution in [3.63, 3.8) is 0 Å². The molecule has 1 aliphatic heterocycles. The zero-order chi connectivity index (χ0) is 11.6. The Bertz CT molecular complexity index is 457. The lowest BCUT2D eigenvalue weighted by molar-refractivity contribution is 0.198. The standard InChI is InChI=1S/C9H12N2O4S/c1-2-3-8-4-6-9(7-5-8)11-10-14-16(12,13)15-11/h4-7,10H,2-3H2,1H3. The van der Waals surface area contributed by atoms with Crippen molar-refractivity contribution < 1.29 is 17.0 Å². The van der Waals surface area contributed by atoms with Gasteiger partial charge in [-0.3, -0.25) is 0 Å². The molecule has 0 radical (unpaired) electrons. The van der Waals surface area contributed by atoms with Gasteiger partial charge in [-0.2, -0.15) is 8.42 Å². The molecule has 16 heavy (non-hydrogen) atoms. The molecule has 0 spiro atoms. The molecule has 1 aromatic carbocycles. The first kappa shape index (κ1) is 11.3. The van der Waals surface area contributed by atoms with E-state index in [1.165, 1.54) is 5.56 Å². The molecule has 2 rings (SSSR count). The lowest BCUT2D eigenvalue weighted by Gasteiger charge is -2.11. The summed E-state index contributed by atoms with van der Waals surface area (Å²) in [5.41, 5.74) is 3.88. The number of nitrogens with zero attached hydrogens (tertiary/aromatic N) is 1. The molecule has 0 atom stereocenters. The molecule has 0 aliphatic carbocycles. The highest BCUT2D eigenvalue weighted by Crippen LogP contribution is 2.19. The second-order valence-electron chi connectivity index (χ2n) is 3.37. The molecular weight excluding hydrogens is 232 g/mol. The quantitative estimate of drug-likeness (QED) is 0.857. The van der Waals surface area contributed by atoms with Gasteiger partial charge in [-0.25, -0.2) is 0 Å². The Labute approximate surface area is 94.0 Å². The Morgan fingerprint density at radius 3 is 2.50 bits per heavy atom. The summed E-state index contributed by atoms with van der Waals surface area (Å²) in [6, 6.07) is 7.33. The minimum atomic E-state index is -3.95. The Balaban J connectivity index is 2.11. The van der Waals surface area contributed by atoms with Crippen molar-refractivity contribution in [3.8, 4) is 0 Å². The Morgan fingerprint density at radius 2 is 2.00 bits per heavy atom. The van der Waals surface area contributed by atoms with Crippen LogP contribution in [0.3, 0.4) is 0 Å². The number of aryl methyl sites for hydroxylation is 1. The third-order valence-corrected chi connectivity index (χ3v) is 2.71. The summed E-state index contributed by atoms with van der Waals surface area (Å²) >= 11 is 0. The van der Waals surface area contributed by atoms with Gasteiger partial charge < -0.3 is 0 Å². The van der Waals surface area contributed by atoms with E-state index in [1.54, 1.807) is 12.1 Å². The number of hydrazine groups is 1. The molecule has 88 valence electrons. The molecule has 1 aliphatic rings. The van der Waals surface area contributed by atoms with Crippen molar-refractivity contribution in [1.29, 1.82) is 0 Å². The molecule has 0 aromatic heterocycles. The molecule has 1 saturated heterocycles. The van der Waals surface area contributed by atoms with Gasteiger partial charge in [0.05, 0.1) is 5.69 Å². The highest BCUT2D eigenvalue weighted by atomic mass is 32.3. The second-order valence-corrected chi connectivity index (χ2v) is 4.50. The molecule has 1 heterocycles. The fourth-order valence-electron chi connectivity index (χ4n) is 1.38. The van der Waals surface area contributed by atoms with Gasteiger partial charge in [-0.1, -0.05) is 31.1 Å². The van der Waals surface area contributed by atoms with E-state index in [-0.39, 0.29) is 0 Å². The van der Waals surface area contributed by atoms with Gasteiger partial charge in [0.2, 0.25) is 0 Å². The Morgan fingerprint density at radius 1 is 1.31 bits per heavy atom. The molecule has 0 bridgehead atoms. The Kier molecular flexibility index (Phi) is 3.10. The van der Waals surface area contributed by atoms with E-state index < -0.39 is 10.4 Å². The number of nitrogens with one attached hydrogen (secondary N) is 1. The van der Waals surface area contributed by atoms with Crippen molar-refractivity contribution in [2.75, 3.05) is 5.17 Å². The van der Waals surface area contributed by atoms with Crippen LogP contribution in [0.4, 0.5) is 5.69 Å². The molecule has 0 unspecified atom stereocenters. The fourth-order valence-corrected chi connectivity index (χ4v) is 1.87. The van der Waals surface area contributed by atoms with Crippen LogP contribution in [0.2, 0.25) is 0 Å². The number of hydrogen-bond donors (Lipinski definition) is 1. The van der Waals surface area contributed by atoms with E-state index in [2.05, 4.69) is 21.1 Å². The molecule has 1 aromatic rings. The van der Waals surface area contributed by atoms with Gasteiger partial charge in [0.15, 0.2) is 0 Å². The first-order valence-corrected chi connectivity index (χ1v) is 6.22. The maximum absolute atomic E-state index is 10.8. The van der Waals surface area contributed by atoms with E-state index in [1.807, 2.05) is 12.1 Å². The third-order valence-electron chi connectivity index (χ3n) is 2.10.